The van der Waals surface area contributed by atoms with Crippen molar-refractivity contribution in [3.05, 3.63) is 59.5 Å². The molecule has 2 aromatic rings. The van der Waals surface area contributed by atoms with Crippen LogP contribution in [0.1, 0.15) is 46.2 Å². The van der Waals surface area contributed by atoms with E-state index < -0.39 is 0 Å². The Morgan fingerprint density at radius 2 is 1.92 bits per heavy atom. The number of rotatable bonds is 4. The minimum Gasteiger partial charge on any atom is -0.467 e. The summed E-state index contributed by atoms with van der Waals surface area (Å²) in [6, 6.07) is 10.5. The van der Waals surface area contributed by atoms with Crippen LogP contribution in [0.2, 0.25) is 0 Å². The summed E-state index contributed by atoms with van der Waals surface area (Å²) in [5.74, 6) is 1.15. The first-order chi connectivity index (χ1) is 11.6. The predicted octanol–water partition coefficient (Wildman–Crippen LogP) is 3.08. The molecule has 1 aliphatic rings. The number of amides is 2. The lowest BCUT2D eigenvalue weighted by Gasteiger charge is -2.30. The van der Waals surface area contributed by atoms with E-state index in [1.165, 1.54) is 0 Å². The van der Waals surface area contributed by atoms with Gasteiger partial charge < -0.3 is 14.6 Å². The molecular weight excluding hydrogens is 304 g/mol. The molecular formula is C19H22N2O3. The normalized spacial score (nSPS) is 15.3. The SMILES string of the molecule is CC1CCN(C(=O)c2cccc(C(=O)NCc3ccco3)c2)CC1. The van der Waals surface area contributed by atoms with Gasteiger partial charge in [-0.1, -0.05) is 13.0 Å². The van der Waals surface area contributed by atoms with Crippen molar-refractivity contribution in [2.45, 2.75) is 26.3 Å². The Morgan fingerprint density at radius 1 is 1.17 bits per heavy atom. The van der Waals surface area contributed by atoms with Crippen LogP contribution in [0.15, 0.2) is 47.1 Å². The zero-order valence-corrected chi connectivity index (χ0v) is 13.8. The molecule has 0 saturated carbocycles. The van der Waals surface area contributed by atoms with Gasteiger partial charge in [0.1, 0.15) is 5.76 Å². The Balaban J connectivity index is 1.64. The summed E-state index contributed by atoms with van der Waals surface area (Å²) < 4.78 is 5.19. The third kappa shape index (κ3) is 3.85. The molecule has 0 radical (unpaired) electrons. The maximum absolute atomic E-state index is 12.6. The highest BCUT2D eigenvalue weighted by atomic mass is 16.3. The smallest absolute Gasteiger partial charge is 0.253 e. The van der Waals surface area contributed by atoms with E-state index in [1.54, 1.807) is 42.7 Å². The van der Waals surface area contributed by atoms with E-state index >= 15 is 0 Å². The Morgan fingerprint density at radius 3 is 2.62 bits per heavy atom. The fraction of sp³-hybridized carbons (Fsp3) is 0.368. The molecule has 1 saturated heterocycles. The standard InChI is InChI=1S/C19H22N2O3/c1-14-7-9-21(10-8-14)19(23)16-5-2-4-15(12-16)18(22)20-13-17-6-3-11-24-17/h2-6,11-12,14H,7-10,13H2,1H3,(H,20,22). The van der Waals surface area contributed by atoms with Gasteiger partial charge in [0.15, 0.2) is 0 Å². The van der Waals surface area contributed by atoms with Crippen molar-refractivity contribution < 1.29 is 14.0 Å². The van der Waals surface area contributed by atoms with Crippen LogP contribution in [0.3, 0.4) is 0 Å². The minimum atomic E-state index is -0.215. The zero-order chi connectivity index (χ0) is 16.9. The van der Waals surface area contributed by atoms with Crippen molar-refractivity contribution in [2.24, 2.45) is 5.92 Å². The van der Waals surface area contributed by atoms with Gasteiger partial charge in [-0.2, -0.15) is 0 Å². The van der Waals surface area contributed by atoms with Gasteiger partial charge in [0.05, 0.1) is 12.8 Å². The summed E-state index contributed by atoms with van der Waals surface area (Å²) in [7, 11) is 0. The second-order valence-corrected chi connectivity index (χ2v) is 6.32. The first-order valence-electron chi connectivity index (χ1n) is 8.33. The third-order valence-electron chi connectivity index (χ3n) is 4.45. The topological polar surface area (TPSA) is 62.6 Å². The van der Waals surface area contributed by atoms with Crippen LogP contribution >= 0.6 is 0 Å². The number of nitrogens with one attached hydrogen (secondary N) is 1. The summed E-state index contributed by atoms with van der Waals surface area (Å²) in [4.78, 5) is 26.7. The van der Waals surface area contributed by atoms with Gasteiger partial charge in [-0.3, -0.25) is 9.59 Å². The van der Waals surface area contributed by atoms with Gasteiger partial charge in [0.25, 0.3) is 11.8 Å². The monoisotopic (exact) mass is 326 g/mol. The van der Waals surface area contributed by atoms with Crippen molar-refractivity contribution in [3.63, 3.8) is 0 Å². The van der Waals surface area contributed by atoms with E-state index in [9.17, 15) is 9.59 Å². The highest BCUT2D eigenvalue weighted by Gasteiger charge is 2.22. The highest BCUT2D eigenvalue weighted by molar-refractivity contribution is 5.99. The average molecular weight is 326 g/mol. The molecule has 1 aromatic heterocycles. The number of benzene rings is 1. The number of hydrogen-bond acceptors (Lipinski definition) is 3. The number of piperidine rings is 1. The lowest BCUT2D eigenvalue weighted by Crippen LogP contribution is -2.38. The molecule has 5 nitrogen and oxygen atoms in total. The number of furan rings is 1. The van der Waals surface area contributed by atoms with Crippen LogP contribution in [0, 0.1) is 5.92 Å². The van der Waals surface area contributed by atoms with Gasteiger partial charge in [-0.05, 0) is 49.1 Å². The maximum atomic E-state index is 12.6. The Kier molecular flexibility index (Phi) is 4.99. The molecule has 3 rings (SSSR count). The van der Waals surface area contributed by atoms with E-state index in [1.807, 2.05) is 4.90 Å². The highest BCUT2D eigenvalue weighted by Crippen LogP contribution is 2.18. The number of carbonyl (C=O) groups is 2. The lowest BCUT2D eigenvalue weighted by atomic mass is 9.98. The average Bonchev–Trinajstić information content (AvgIpc) is 3.13. The molecule has 24 heavy (non-hydrogen) atoms. The third-order valence-corrected chi connectivity index (χ3v) is 4.45. The van der Waals surface area contributed by atoms with Crippen molar-refractivity contribution in [3.8, 4) is 0 Å². The summed E-state index contributed by atoms with van der Waals surface area (Å²) in [5, 5.41) is 2.80. The van der Waals surface area contributed by atoms with Crippen LogP contribution < -0.4 is 5.32 Å². The van der Waals surface area contributed by atoms with E-state index in [4.69, 9.17) is 4.42 Å². The van der Waals surface area contributed by atoms with Crippen LogP contribution in [0.25, 0.3) is 0 Å². The molecule has 1 aliphatic heterocycles. The number of likely N-dealkylation sites (tertiary alicyclic amines) is 1. The first kappa shape index (κ1) is 16.3. The van der Waals surface area contributed by atoms with E-state index in [0.29, 0.717) is 29.3 Å². The van der Waals surface area contributed by atoms with Crippen LogP contribution in [0.5, 0.6) is 0 Å². The van der Waals surface area contributed by atoms with E-state index in [0.717, 1.165) is 25.9 Å². The zero-order valence-electron chi connectivity index (χ0n) is 13.8. The number of nitrogens with zero attached hydrogens (tertiary/aromatic N) is 1. The maximum Gasteiger partial charge on any atom is 0.253 e. The Labute approximate surface area is 141 Å². The second-order valence-electron chi connectivity index (χ2n) is 6.32. The van der Waals surface area contributed by atoms with Crippen molar-refractivity contribution in [2.75, 3.05) is 13.1 Å². The molecule has 5 heteroatoms. The van der Waals surface area contributed by atoms with Crippen molar-refractivity contribution >= 4 is 11.8 Å². The molecule has 1 aromatic carbocycles. The molecule has 0 atom stereocenters. The van der Waals surface area contributed by atoms with Gasteiger partial charge in [-0.25, -0.2) is 0 Å². The predicted molar refractivity (Wildman–Crippen MR) is 90.6 cm³/mol. The summed E-state index contributed by atoms with van der Waals surface area (Å²) in [5.41, 5.74) is 1.05. The van der Waals surface area contributed by atoms with Crippen molar-refractivity contribution in [1.82, 2.24) is 10.2 Å². The van der Waals surface area contributed by atoms with E-state index in [-0.39, 0.29) is 11.8 Å². The second kappa shape index (κ2) is 7.34. The number of carbonyl (C=O) groups excluding carboxylic acids is 2. The van der Waals surface area contributed by atoms with Crippen LogP contribution in [0.4, 0.5) is 0 Å². The van der Waals surface area contributed by atoms with Crippen LogP contribution in [-0.2, 0) is 6.54 Å². The van der Waals surface area contributed by atoms with Crippen molar-refractivity contribution in [1.29, 1.82) is 0 Å². The summed E-state index contributed by atoms with van der Waals surface area (Å²) in [6.07, 6.45) is 3.64. The minimum absolute atomic E-state index is 0.00239. The molecule has 0 bridgehead atoms. The van der Waals surface area contributed by atoms with Crippen LogP contribution in [-0.4, -0.2) is 29.8 Å². The Hall–Kier alpha value is -2.56. The van der Waals surface area contributed by atoms with Gasteiger partial charge >= 0.3 is 0 Å². The Bertz CT molecular complexity index is 701. The van der Waals surface area contributed by atoms with Gasteiger partial charge in [0, 0.05) is 24.2 Å². The summed E-state index contributed by atoms with van der Waals surface area (Å²) >= 11 is 0. The fourth-order valence-electron chi connectivity index (χ4n) is 2.87. The fourth-order valence-corrected chi connectivity index (χ4v) is 2.87. The molecule has 2 amide bonds. The number of hydrogen-bond donors (Lipinski definition) is 1. The molecule has 1 N–H and O–H groups in total. The molecule has 0 spiro atoms. The molecule has 1 fully saturated rings. The first-order valence-corrected chi connectivity index (χ1v) is 8.33. The van der Waals surface area contributed by atoms with E-state index in [2.05, 4.69) is 12.2 Å². The quantitative estimate of drug-likeness (QED) is 0.939. The molecule has 2 heterocycles. The van der Waals surface area contributed by atoms with Gasteiger partial charge in [-0.15, -0.1) is 0 Å². The largest absolute Gasteiger partial charge is 0.467 e. The molecule has 0 unspecified atom stereocenters. The van der Waals surface area contributed by atoms with Gasteiger partial charge in [0.2, 0.25) is 0 Å². The molecule has 126 valence electrons. The lowest BCUT2D eigenvalue weighted by molar-refractivity contribution is 0.0697. The molecule has 0 aliphatic carbocycles. The summed E-state index contributed by atoms with van der Waals surface area (Å²) in [6.45, 7) is 4.11.